The van der Waals surface area contributed by atoms with Crippen LogP contribution >= 0.6 is 0 Å². The number of nitrogens with two attached hydrogens (primary N) is 1. The molecule has 2 heterocycles. The minimum absolute atomic E-state index is 0.114. The van der Waals surface area contributed by atoms with Crippen molar-refractivity contribution in [3.8, 4) is 0 Å². The molecule has 0 aliphatic rings. The van der Waals surface area contributed by atoms with Crippen LogP contribution in [-0.2, 0) is 6.54 Å². The zero-order chi connectivity index (χ0) is 13.5. The number of aromatic nitrogens is 3. The van der Waals surface area contributed by atoms with E-state index >= 15 is 0 Å². The maximum absolute atomic E-state index is 11.8. The zero-order valence-electron chi connectivity index (χ0n) is 10.6. The standard InChI is InChI=1S/C13H17N5O/c14-12-9-11(3-5-16-12)13(19)17-4-1-2-7-18-8-6-15-10-18/h3,5-6,8-10H,1-2,4,7H2,(H2,14,16)(H,17,19). The van der Waals surface area contributed by atoms with Crippen LogP contribution in [0.2, 0.25) is 0 Å². The van der Waals surface area contributed by atoms with Crippen molar-refractivity contribution in [2.24, 2.45) is 0 Å². The Morgan fingerprint density at radius 1 is 1.37 bits per heavy atom. The second-order valence-electron chi connectivity index (χ2n) is 4.23. The first-order valence-corrected chi connectivity index (χ1v) is 6.21. The van der Waals surface area contributed by atoms with Gasteiger partial charge in [0.25, 0.3) is 5.91 Å². The van der Waals surface area contributed by atoms with E-state index in [0.29, 0.717) is 17.9 Å². The SMILES string of the molecule is Nc1cc(C(=O)NCCCCn2ccnc2)ccn1. The van der Waals surface area contributed by atoms with Gasteiger partial charge in [-0.05, 0) is 25.0 Å². The molecule has 0 aromatic carbocycles. The van der Waals surface area contributed by atoms with Crippen molar-refractivity contribution in [1.82, 2.24) is 19.9 Å². The molecule has 1 amide bonds. The van der Waals surface area contributed by atoms with Gasteiger partial charge in [0, 0.05) is 37.2 Å². The van der Waals surface area contributed by atoms with Gasteiger partial charge in [-0.3, -0.25) is 4.79 Å². The minimum atomic E-state index is -0.114. The Hall–Kier alpha value is -2.37. The molecule has 19 heavy (non-hydrogen) atoms. The lowest BCUT2D eigenvalue weighted by atomic mass is 10.2. The van der Waals surface area contributed by atoms with Gasteiger partial charge in [0.15, 0.2) is 0 Å². The molecule has 2 aromatic rings. The Balaban J connectivity index is 1.67. The van der Waals surface area contributed by atoms with Crippen molar-refractivity contribution < 1.29 is 4.79 Å². The Bertz CT molecular complexity index is 524. The van der Waals surface area contributed by atoms with Gasteiger partial charge in [0.05, 0.1) is 6.33 Å². The summed E-state index contributed by atoms with van der Waals surface area (Å²) in [6.07, 6.45) is 8.93. The van der Waals surface area contributed by atoms with E-state index in [9.17, 15) is 4.79 Å². The molecule has 0 atom stereocenters. The fraction of sp³-hybridized carbons (Fsp3) is 0.308. The highest BCUT2D eigenvalue weighted by atomic mass is 16.1. The van der Waals surface area contributed by atoms with E-state index < -0.39 is 0 Å². The van der Waals surface area contributed by atoms with E-state index in [-0.39, 0.29) is 5.91 Å². The molecule has 2 rings (SSSR count). The highest BCUT2D eigenvalue weighted by Gasteiger charge is 2.04. The van der Waals surface area contributed by atoms with Crippen molar-refractivity contribution in [3.05, 3.63) is 42.6 Å². The molecular weight excluding hydrogens is 242 g/mol. The number of hydrogen-bond donors (Lipinski definition) is 2. The molecular formula is C13H17N5O. The number of rotatable bonds is 6. The molecule has 0 bridgehead atoms. The summed E-state index contributed by atoms with van der Waals surface area (Å²) in [4.78, 5) is 19.6. The minimum Gasteiger partial charge on any atom is -0.384 e. The largest absolute Gasteiger partial charge is 0.384 e. The van der Waals surface area contributed by atoms with Gasteiger partial charge in [0.1, 0.15) is 5.82 Å². The molecule has 6 heteroatoms. The normalized spacial score (nSPS) is 10.3. The number of carbonyl (C=O) groups is 1. The summed E-state index contributed by atoms with van der Waals surface area (Å²) >= 11 is 0. The van der Waals surface area contributed by atoms with Crippen molar-refractivity contribution in [1.29, 1.82) is 0 Å². The first-order chi connectivity index (χ1) is 9.25. The maximum Gasteiger partial charge on any atom is 0.251 e. The molecule has 0 aliphatic heterocycles. The molecule has 0 saturated carbocycles. The lowest BCUT2D eigenvalue weighted by Crippen LogP contribution is -2.24. The second kappa shape index (κ2) is 6.53. The van der Waals surface area contributed by atoms with Crippen molar-refractivity contribution in [3.63, 3.8) is 0 Å². The van der Waals surface area contributed by atoms with Crippen molar-refractivity contribution in [2.45, 2.75) is 19.4 Å². The van der Waals surface area contributed by atoms with Crippen molar-refractivity contribution in [2.75, 3.05) is 12.3 Å². The molecule has 0 unspecified atom stereocenters. The van der Waals surface area contributed by atoms with Gasteiger partial charge >= 0.3 is 0 Å². The molecule has 6 nitrogen and oxygen atoms in total. The average molecular weight is 259 g/mol. The van der Waals surface area contributed by atoms with E-state index in [1.54, 1.807) is 24.7 Å². The summed E-state index contributed by atoms with van der Waals surface area (Å²) in [6, 6.07) is 3.22. The summed E-state index contributed by atoms with van der Waals surface area (Å²) in [6.45, 7) is 1.56. The number of nitrogen functional groups attached to an aromatic ring is 1. The van der Waals surface area contributed by atoms with Crippen LogP contribution in [0.5, 0.6) is 0 Å². The first kappa shape index (κ1) is 13.1. The van der Waals surface area contributed by atoms with Crippen LogP contribution in [0.25, 0.3) is 0 Å². The number of pyridine rings is 1. The number of carbonyl (C=O) groups excluding carboxylic acids is 1. The molecule has 0 fully saturated rings. The lowest BCUT2D eigenvalue weighted by Gasteiger charge is -2.06. The smallest absolute Gasteiger partial charge is 0.251 e. The highest BCUT2D eigenvalue weighted by Crippen LogP contribution is 2.02. The molecule has 0 aliphatic carbocycles. The third-order valence-corrected chi connectivity index (χ3v) is 2.73. The van der Waals surface area contributed by atoms with Crippen LogP contribution < -0.4 is 11.1 Å². The van der Waals surface area contributed by atoms with E-state index in [1.807, 2.05) is 10.8 Å². The van der Waals surface area contributed by atoms with E-state index in [4.69, 9.17) is 5.73 Å². The zero-order valence-corrected chi connectivity index (χ0v) is 10.6. The first-order valence-electron chi connectivity index (χ1n) is 6.21. The number of aryl methyl sites for hydroxylation is 1. The predicted molar refractivity (Wildman–Crippen MR) is 72.4 cm³/mol. The number of unbranched alkanes of at least 4 members (excludes halogenated alkanes) is 1. The van der Waals surface area contributed by atoms with Gasteiger partial charge in [-0.15, -0.1) is 0 Å². The Morgan fingerprint density at radius 3 is 3.00 bits per heavy atom. The van der Waals surface area contributed by atoms with Crippen LogP contribution in [-0.4, -0.2) is 27.0 Å². The van der Waals surface area contributed by atoms with Crippen LogP contribution in [0.4, 0.5) is 5.82 Å². The third kappa shape index (κ3) is 4.09. The molecule has 0 radical (unpaired) electrons. The highest BCUT2D eigenvalue weighted by molar-refractivity contribution is 5.94. The van der Waals surface area contributed by atoms with Crippen LogP contribution in [0.15, 0.2) is 37.1 Å². The van der Waals surface area contributed by atoms with E-state index in [1.165, 1.54) is 6.20 Å². The number of imidazole rings is 1. The molecule has 0 spiro atoms. The molecule has 0 saturated heterocycles. The summed E-state index contributed by atoms with van der Waals surface area (Å²) in [5.74, 6) is 0.240. The Kier molecular flexibility index (Phi) is 4.49. The molecule has 2 aromatic heterocycles. The fourth-order valence-corrected chi connectivity index (χ4v) is 1.73. The predicted octanol–water partition coefficient (Wildman–Crippen LogP) is 1.07. The third-order valence-electron chi connectivity index (χ3n) is 2.73. The number of nitrogens with zero attached hydrogens (tertiary/aromatic N) is 3. The molecule has 3 N–H and O–H groups in total. The van der Waals surface area contributed by atoms with E-state index in [0.717, 1.165) is 19.4 Å². The number of nitrogens with one attached hydrogen (secondary N) is 1. The monoisotopic (exact) mass is 259 g/mol. The Morgan fingerprint density at radius 2 is 2.26 bits per heavy atom. The van der Waals surface area contributed by atoms with E-state index in [2.05, 4.69) is 15.3 Å². The molecule has 100 valence electrons. The lowest BCUT2D eigenvalue weighted by molar-refractivity contribution is 0.0953. The van der Waals surface area contributed by atoms with Crippen LogP contribution in [0, 0.1) is 0 Å². The van der Waals surface area contributed by atoms with Gasteiger partial charge in [-0.2, -0.15) is 0 Å². The summed E-state index contributed by atoms with van der Waals surface area (Å²) in [5.41, 5.74) is 6.07. The second-order valence-corrected chi connectivity index (χ2v) is 4.23. The summed E-state index contributed by atoms with van der Waals surface area (Å²) in [5, 5.41) is 2.86. The van der Waals surface area contributed by atoms with Crippen LogP contribution in [0.3, 0.4) is 0 Å². The van der Waals surface area contributed by atoms with Gasteiger partial charge in [0.2, 0.25) is 0 Å². The number of hydrogen-bond acceptors (Lipinski definition) is 4. The summed E-state index contributed by atoms with van der Waals surface area (Å²) in [7, 11) is 0. The van der Waals surface area contributed by atoms with Gasteiger partial charge in [-0.1, -0.05) is 0 Å². The van der Waals surface area contributed by atoms with Gasteiger partial charge in [-0.25, -0.2) is 9.97 Å². The number of amides is 1. The Labute approximate surface area is 111 Å². The van der Waals surface area contributed by atoms with Crippen LogP contribution in [0.1, 0.15) is 23.2 Å². The quantitative estimate of drug-likeness (QED) is 0.760. The topological polar surface area (TPSA) is 85.8 Å². The fourth-order valence-electron chi connectivity index (χ4n) is 1.73. The van der Waals surface area contributed by atoms with Crippen molar-refractivity contribution >= 4 is 11.7 Å². The summed E-state index contributed by atoms with van der Waals surface area (Å²) < 4.78 is 2.02. The maximum atomic E-state index is 11.8. The number of anilines is 1. The van der Waals surface area contributed by atoms with Gasteiger partial charge < -0.3 is 15.6 Å². The average Bonchev–Trinajstić information content (AvgIpc) is 2.91.